The molecule has 1 aliphatic heterocycles. The summed E-state index contributed by atoms with van der Waals surface area (Å²) in [5.74, 6) is -1.26. The fourth-order valence-corrected chi connectivity index (χ4v) is 6.16. The lowest BCUT2D eigenvalue weighted by molar-refractivity contribution is -0.140. The van der Waals surface area contributed by atoms with Crippen molar-refractivity contribution in [2.75, 3.05) is 31.5 Å². The van der Waals surface area contributed by atoms with Crippen LogP contribution in [0.3, 0.4) is 0 Å². The van der Waals surface area contributed by atoms with Crippen LogP contribution in [0.5, 0.6) is 0 Å². The van der Waals surface area contributed by atoms with Gasteiger partial charge in [-0.15, -0.1) is 11.3 Å². The minimum absolute atomic E-state index is 0.0299. The highest BCUT2D eigenvalue weighted by molar-refractivity contribution is 7.13. The Kier molecular flexibility index (Phi) is 8.51. The van der Waals surface area contributed by atoms with E-state index in [2.05, 4.69) is 32.4 Å². The van der Waals surface area contributed by atoms with E-state index in [4.69, 9.17) is 0 Å². The summed E-state index contributed by atoms with van der Waals surface area (Å²) in [6, 6.07) is 5.80. The van der Waals surface area contributed by atoms with Gasteiger partial charge in [-0.2, -0.15) is 13.2 Å². The molecule has 3 aromatic heterocycles. The third-order valence-electron chi connectivity index (χ3n) is 7.40. The molecule has 1 atom stereocenters. The number of hydrogen-bond acceptors (Lipinski definition) is 7. The lowest BCUT2D eigenvalue weighted by Gasteiger charge is -2.34. The van der Waals surface area contributed by atoms with Gasteiger partial charge in [-0.05, 0) is 56.6 Å². The van der Waals surface area contributed by atoms with Gasteiger partial charge in [0.25, 0.3) is 0 Å². The fourth-order valence-electron chi connectivity index (χ4n) is 5.30. The molecular formula is C29H29F3N6O4S. The monoisotopic (exact) mass is 614 g/mol. The van der Waals surface area contributed by atoms with Gasteiger partial charge in [-0.1, -0.05) is 13.0 Å². The first-order valence-corrected chi connectivity index (χ1v) is 14.6. The second kappa shape index (κ2) is 12.1. The molecule has 226 valence electrons. The maximum absolute atomic E-state index is 13.4. The second-order valence-electron chi connectivity index (χ2n) is 10.1. The molecule has 0 radical (unpaired) electrons. The minimum atomic E-state index is -4.65. The van der Waals surface area contributed by atoms with E-state index in [9.17, 15) is 32.7 Å². The summed E-state index contributed by atoms with van der Waals surface area (Å²) in [7, 11) is 0. The van der Waals surface area contributed by atoms with E-state index in [1.807, 2.05) is 4.57 Å². The van der Waals surface area contributed by atoms with Crippen LogP contribution in [0.2, 0.25) is 0 Å². The normalized spacial score (nSPS) is 15.9. The summed E-state index contributed by atoms with van der Waals surface area (Å²) in [6.07, 6.45) is -0.134. The Labute approximate surface area is 248 Å². The highest BCUT2D eigenvalue weighted by atomic mass is 32.1. The molecule has 0 bridgehead atoms. The molecule has 4 heterocycles. The number of halogens is 3. The number of hydrogen-bond donors (Lipinski definition) is 3. The summed E-state index contributed by atoms with van der Waals surface area (Å²) in [5, 5.41) is 16.1. The molecule has 1 saturated heterocycles. The highest BCUT2D eigenvalue weighted by Crippen LogP contribution is 2.39. The van der Waals surface area contributed by atoms with E-state index in [0.29, 0.717) is 29.7 Å². The van der Waals surface area contributed by atoms with Crippen molar-refractivity contribution < 1.29 is 27.9 Å². The average molecular weight is 615 g/mol. The lowest BCUT2D eigenvalue weighted by atomic mass is 9.98. The van der Waals surface area contributed by atoms with E-state index in [1.54, 1.807) is 19.1 Å². The number of nitrogens with zero attached hydrogens (tertiary/aromatic N) is 4. The Morgan fingerprint density at radius 3 is 2.65 bits per heavy atom. The Balaban J connectivity index is 1.68. The summed E-state index contributed by atoms with van der Waals surface area (Å²) < 4.78 is 42.1. The number of carboxylic acid groups (broad SMARTS) is 1. The number of likely N-dealkylation sites (tertiary alicyclic amines) is 1. The van der Waals surface area contributed by atoms with Crippen LogP contribution in [0.25, 0.3) is 32.6 Å². The molecule has 1 aliphatic rings. The molecule has 0 aliphatic carbocycles. The number of carbonyl (C=O) groups excluding carboxylic acids is 1. The van der Waals surface area contributed by atoms with Crippen LogP contribution in [-0.2, 0) is 6.18 Å². The van der Waals surface area contributed by atoms with Crippen molar-refractivity contribution in [3.63, 3.8) is 0 Å². The van der Waals surface area contributed by atoms with Crippen molar-refractivity contribution in [1.29, 1.82) is 0 Å². The summed E-state index contributed by atoms with van der Waals surface area (Å²) in [5.41, 5.74) is -0.508. The number of rotatable bonds is 7. The largest absolute Gasteiger partial charge is 0.477 e. The summed E-state index contributed by atoms with van der Waals surface area (Å²) >= 11 is 0.777. The van der Waals surface area contributed by atoms with Gasteiger partial charge < -0.3 is 19.9 Å². The van der Waals surface area contributed by atoms with Crippen LogP contribution in [-0.4, -0.2) is 62.7 Å². The van der Waals surface area contributed by atoms with Gasteiger partial charge in [0.2, 0.25) is 5.43 Å². The number of aromatic nitrogens is 3. The number of alkyl halides is 3. The quantitative estimate of drug-likeness (QED) is 0.244. The van der Waals surface area contributed by atoms with Crippen molar-refractivity contribution in [1.82, 2.24) is 24.8 Å². The minimum Gasteiger partial charge on any atom is -0.477 e. The number of likely N-dealkylation sites (N-methyl/N-ethyl adjacent to an activating group) is 1. The molecule has 4 aromatic rings. The van der Waals surface area contributed by atoms with Crippen molar-refractivity contribution in [3.05, 3.63) is 63.5 Å². The third kappa shape index (κ3) is 6.25. The zero-order chi connectivity index (χ0) is 30.9. The predicted octanol–water partition coefficient (Wildman–Crippen LogP) is 5.70. The van der Waals surface area contributed by atoms with Crippen LogP contribution >= 0.6 is 11.3 Å². The molecule has 5 rings (SSSR count). The van der Waals surface area contributed by atoms with Gasteiger partial charge in [-0.3, -0.25) is 10.1 Å². The van der Waals surface area contributed by atoms with Gasteiger partial charge in [0.1, 0.15) is 16.4 Å². The second-order valence-corrected chi connectivity index (χ2v) is 11.0. The van der Waals surface area contributed by atoms with E-state index >= 15 is 0 Å². The lowest BCUT2D eigenvalue weighted by Crippen LogP contribution is -2.37. The van der Waals surface area contributed by atoms with E-state index in [0.717, 1.165) is 42.6 Å². The van der Waals surface area contributed by atoms with E-state index < -0.39 is 29.3 Å². The molecule has 1 fully saturated rings. The molecule has 10 nitrogen and oxygen atoms in total. The fraction of sp³-hybridized carbons (Fsp3) is 0.345. The molecule has 43 heavy (non-hydrogen) atoms. The van der Waals surface area contributed by atoms with Crippen LogP contribution in [0.15, 0.2) is 46.8 Å². The van der Waals surface area contributed by atoms with Crippen molar-refractivity contribution in [3.8, 4) is 21.7 Å². The first kappa shape index (κ1) is 30.2. The summed E-state index contributed by atoms with van der Waals surface area (Å²) in [4.78, 5) is 47.9. The summed E-state index contributed by atoms with van der Waals surface area (Å²) in [6.45, 7) is 6.63. The van der Waals surface area contributed by atoms with Gasteiger partial charge in [0.05, 0.1) is 5.52 Å². The van der Waals surface area contributed by atoms with Crippen LogP contribution in [0.1, 0.15) is 48.8 Å². The molecule has 2 amide bonds. The number of fused-ring (bicyclic) bond motifs is 1. The van der Waals surface area contributed by atoms with Crippen LogP contribution in [0, 0.1) is 0 Å². The molecule has 0 spiro atoms. The molecule has 0 unspecified atom stereocenters. The van der Waals surface area contributed by atoms with E-state index in [-0.39, 0.29) is 33.4 Å². The maximum atomic E-state index is 13.4. The Morgan fingerprint density at radius 2 is 1.98 bits per heavy atom. The van der Waals surface area contributed by atoms with Crippen molar-refractivity contribution >= 4 is 40.1 Å². The molecule has 0 saturated carbocycles. The van der Waals surface area contributed by atoms with Gasteiger partial charge in [0, 0.05) is 53.4 Å². The van der Waals surface area contributed by atoms with E-state index in [1.165, 1.54) is 24.5 Å². The number of carbonyl (C=O) groups is 2. The highest BCUT2D eigenvalue weighted by Gasteiger charge is 2.34. The average Bonchev–Trinajstić information content (AvgIpc) is 3.49. The number of thiazole rings is 1. The van der Waals surface area contributed by atoms with Gasteiger partial charge in [-0.25, -0.2) is 19.6 Å². The predicted molar refractivity (Wildman–Crippen MR) is 158 cm³/mol. The Bertz CT molecular complexity index is 1750. The van der Waals surface area contributed by atoms with Crippen LogP contribution in [0.4, 0.5) is 23.8 Å². The molecular weight excluding hydrogens is 585 g/mol. The molecule has 3 N–H and O–H groups in total. The topological polar surface area (TPSA) is 129 Å². The van der Waals surface area contributed by atoms with Crippen molar-refractivity contribution in [2.24, 2.45) is 0 Å². The SMILES string of the molecule is CCNC(=O)Nc1cc(-c2nc(C(F)(F)F)cs2)c(-c2ccc3c(c2)c(=O)c(C(=O)O)cn3[C@@H]2CCCN(CC)C2)cn1. The number of carboxylic acids is 1. The smallest absolute Gasteiger partial charge is 0.434 e. The number of benzene rings is 1. The van der Waals surface area contributed by atoms with Gasteiger partial charge in [0.15, 0.2) is 5.69 Å². The van der Waals surface area contributed by atoms with Crippen molar-refractivity contribution in [2.45, 2.75) is 38.9 Å². The zero-order valence-corrected chi connectivity index (χ0v) is 24.2. The zero-order valence-electron chi connectivity index (χ0n) is 23.4. The standard InChI is InChI=1S/C29H29F3N6O4S/c1-3-33-28(42)36-24-11-18(26-35-23(15-43-26)29(30,31)32)20(12-34-24)16-7-8-22-19(10-16)25(39)21(27(40)41)14-38(22)17-6-5-9-37(4-2)13-17/h7-8,10-12,14-15,17H,3-6,9,13H2,1-2H3,(H,40,41)(H2,33,34,36,42)/t17-/m1/s1. The number of pyridine rings is 2. The number of amides is 2. The Hall–Kier alpha value is -4.30. The van der Waals surface area contributed by atoms with Crippen LogP contribution < -0.4 is 16.1 Å². The molecule has 14 heteroatoms. The maximum Gasteiger partial charge on any atom is 0.434 e. The molecule has 1 aromatic carbocycles. The first-order valence-electron chi connectivity index (χ1n) is 13.7. The Morgan fingerprint density at radius 1 is 1.19 bits per heavy atom. The first-order chi connectivity index (χ1) is 20.5. The van der Waals surface area contributed by atoms with Gasteiger partial charge >= 0.3 is 18.2 Å². The number of urea groups is 1. The number of nitrogens with one attached hydrogen (secondary N) is 2. The third-order valence-corrected chi connectivity index (χ3v) is 8.28. The number of piperidine rings is 1. The number of anilines is 1. The number of aromatic carboxylic acids is 1.